The second-order valence-corrected chi connectivity index (χ2v) is 4.19. The van der Waals surface area contributed by atoms with E-state index < -0.39 is 4.92 Å². The van der Waals surface area contributed by atoms with Gasteiger partial charge in [-0.3, -0.25) is 10.1 Å². The van der Waals surface area contributed by atoms with Crippen LogP contribution in [-0.2, 0) is 6.54 Å². The van der Waals surface area contributed by atoms with Gasteiger partial charge in [0.05, 0.1) is 18.1 Å². The van der Waals surface area contributed by atoms with E-state index in [1.807, 2.05) is 18.2 Å². The largest absolute Gasteiger partial charge is 0.496 e. The maximum atomic E-state index is 11.1. The number of anilines is 2. The third kappa shape index (κ3) is 2.97. The molecule has 0 saturated heterocycles. The van der Waals surface area contributed by atoms with Gasteiger partial charge in [0, 0.05) is 12.2 Å². The van der Waals surface area contributed by atoms with E-state index in [9.17, 15) is 10.1 Å². The van der Waals surface area contributed by atoms with Gasteiger partial charge in [0.1, 0.15) is 11.4 Å². The highest BCUT2D eigenvalue weighted by Gasteiger charge is 2.15. The second kappa shape index (κ2) is 5.92. The fourth-order valence-electron chi connectivity index (χ4n) is 1.82. The maximum absolute atomic E-state index is 11.1. The molecule has 0 radical (unpaired) electrons. The number of hydrogen-bond donors (Lipinski definition) is 2. The number of benzene rings is 2. The maximum Gasteiger partial charge on any atom is 0.296 e. The molecule has 20 heavy (non-hydrogen) atoms. The van der Waals surface area contributed by atoms with Crippen LogP contribution in [0.2, 0.25) is 0 Å². The van der Waals surface area contributed by atoms with Crippen molar-refractivity contribution in [3.8, 4) is 5.75 Å². The molecule has 3 N–H and O–H groups in total. The van der Waals surface area contributed by atoms with Crippen LogP contribution in [0.25, 0.3) is 0 Å². The van der Waals surface area contributed by atoms with Crippen LogP contribution in [0.3, 0.4) is 0 Å². The first kappa shape index (κ1) is 13.7. The first-order valence-electron chi connectivity index (χ1n) is 6.01. The lowest BCUT2D eigenvalue weighted by Gasteiger charge is -2.10. The Balaban J connectivity index is 2.21. The van der Waals surface area contributed by atoms with E-state index in [4.69, 9.17) is 10.5 Å². The molecule has 0 saturated carbocycles. The van der Waals surface area contributed by atoms with Crippen molar-refractivity contribution in [1.29, 1.82) is 0 Å². The number of rotatable bonds is 5. The molecule has 0 aliphatic carbocycles. The van der Waals surface area contributed by atoms with Crippen molar-refractivity contribution in [3.05, 3.63) is 58.1 Å². The van der Waals surface area contributed by atoms with Crippen molar-refractivity contribution in [2.24, 2.45) is 0 Å². The lowest BCUT2D eigenvalue weighted by Crippen LogP contribution is -2.05. The van der Waals surface area contributed by atoms with Gasteiger partial charge < -0.3 is 15.8 Å². The summed E-state index contributed by atoms with van der Waals surface area (Å²) in [6.45, 7) is 0.417. The van der Waals surface area contributed by atoms with Gasteiger partial charge in [0.25, 0.3) is 5.69 Å². The highest BCUT2D eigenvalue weighted by Crippen LogP contribution is 2.29. The molecule has 0 unspecified atom stereocenters. The smallest absolute Gasteiger partial charge is 0.296 e. The minimum atomic E-state index is -0.445. The Morgan fingerprint density at radius 2 is 2.05 bits per heavy atom. The molecule has 2 aromatic carbocycles. The van der Waals surface area contributed by atoms with Gasteiger partial charge in [-0.25, -0.2) is 0 Å². The molecule has 0 fully saturated rings. The molecule has 6 nitrogen and oxygen atoms in total. The van der Waals surface area contributed by atoms with E-state index in [1.165, 1.54) is 13.2 Å². The summed E-state index contributed by atoms with van der Waals surface area (Å²) >= 11 is 0. The quantitative estimate of drug-likeness (QED) is 0.496. The second-order valence-electron chi connectivity index (χ2n) is 4.19. The first-order valence-corrected chi connectivity index (χ1v) is 6.01. The van der Waals surface area contributed by atoms with Crippen molar-refractivity contribution in [2.75, 3.05) is 18.2 Å². The molecule has 6 heteroatoms. The normalized spacial score (nSPS) is 10.1. The Hall–Kier alpha value is -2.76. The fraction of sp³-hybridized carbons (Fsp3) is 0.143. The summed E-state index contributed by atoms with van der Waals surface area (Å²) in [5.41, 5.74) is 7.77. The van der Waals surface area contributed by atoms with Gasteiger partial charge >= 0.3 is 0 Å². The molecule has 2 rings (SSSR count). The number of para-hydroxylation sites is 1. The lowest BCUT2D eigenvalue weighted by atomic mass is 10.1. The molecule has 0 aliphatic heterocycles. The zero-order valence-electron chi connectivity index (χ0n) is 11.0. The number of hydrogen-bond acceptors (Lipinski definition) is 5. The minimum Gasteiger partial charge on any atom is -0.496 e. The average molecular weight is 273 g/mol. The van der Waals surface area contributed by atoms with Gasteiger partial charge in [0.2, 0.25) is 0 Å². The number of ether oxygens (including phenoxy) is 1. The van der Waals surface area contributed by atoms with Gasteiger partial charge in [-0.2, -0.15) is 0 Å². The Bertz CT molecular complexity index is 629. The summed E-state index contributed by atoms with van der Waals surface area (Å²) in [5, 5.41) is 14.1. The molecule has 0 aromatic heterocycles. The van der Waals surface area contributed by atoms with Crippen LogP contribution in [0, 0.1) is 10.1 Å². The molecule has 0 amide bonds. The van der Waals surface area contributed by atoms with E-state index >= 15 is 0 Å². The number of nitrogens with one attached hydrogen (secondary N) is 1. The lowest BCUT2D eigenvalue weighted by molar-refractivity contribution is -0.384. The minimum absolute atomic E-state index is 0.0288. The van der Waals surface area contributed by atoms with Crippen molar-refractivity contribution in [3.63, 3.8) is 0 Å². The molecule has 2 aromatic rings. The zero-order valence-corrected chi connectivity index (χ0v) is 11.0. The highest BCUT2D eigenvalue weighted by atomic mass is 16.6. The number of nitro groups is 1. The predicted octanol–water partition coefficient (Wildman–Crippen LogP) is 2.80. The van der Waals surface area contributed by atoms with Crippen LogP contribution in [0.5, 0.6) is 5.75 Å². The average Bonchev–Trinajstić information content (AvgIpc) is 2.46. The van der Waals surface area contributed by atoms with Gasteiger partial charge in [-0.15, -0.1) is 0 Å². The molecule has 0 heterocycles. The summed E-state index contributed by atoms with van der Waals surface area (Å²) in [5.74, 6) is 0.446. The Morgan fingerprint density at radius 1 is 1.30 bits per heavy atom. The highest BCUT2D eigenvalue weighted by molar-refractivity contribution is 5.64. The van der Waals surface area contributed by atoms with E-state index in [0.717, 1.165) is 5.56 Å². The monoisotopic (exact) mass is 273 g/mol. The molecular weight excluding hydrogens is 258 g/mol. The van der Waals surface area contributed by atoms with E-state index in [1.54, 1.807) is 18.2 Å². The van der Waals surface area contributed by atoms with Crippen LogP contribution < -0.4 is 15.8 Å². The van der Waals surface area contributed by atoms with Crippen molar-refractivity contribution in [2.45, 2.75) is 6.54 Å². The Kier molecular flexibility index (Phi) is 4.05. The topological polar surface area (TPSA) is 90.4 Å². The van der Waals surface area contributed by atoms with E-state index in [2.05, 4.69) is 5.32 Å². The first-order chi connectivity index (χ1) is 9.61. The third-order valence-electron chi connectivity index (χ3n) is 2.93. The number of nitrogen functional groups attached to an aromatic ring is 1. The van der Waals surface area contributed by atoms with Gasteiger partial charge in [-0.1, -0.05) is 18.2 Å². The molecular formula is C14H15N3O3. The molecule has 0 bridgehead atoms. The van der Waals surface area contributed by atoms with Crippen molar-refractivity contribution < 1.29 is 9.66 Å². The fourth-order valence-corrected chi connectivity index (χ4v) is 1.82. The van der Waals surface area contributed by atoms with Crippen molar-refractivity contribution >= 4 is 17.1 Å². The molecule has 0 spiro atoms. The molecule has 104 valence electrons. The van der Waals surface area contributed by atoms with Crippen LogP contribution in [-0.4, -0.2) is 12.0 Å². The van der Waals surface area contributed by atoms with E-state index in [0.29, 0.717) is 23.7 Å². The summed E-state index contributed by atoms with van der Waals surface area (Å²) in [6, 6.07) is 12.1. The SMILES string of the molecule is COc1ccc(NCc2ccccc2N)c([N+](=O)[O-])c1. The zero-order chi connectivity index (χ0) is 14.5. The number of nitro benzene ring substituents is 1. The van der Waals surface area contributed by atoms with Crippen LogP contribution >= 0.6 is 0 Å². The van der Waals surface area contributed by atoms with E-state index in [-0.39, 0.29) is 5.69 Å². The summed E-state index contributed by atoms with van der Waals surface area (Å²) in [6.07, 6.45) is 0. The van der Waals surface area contributed by atoms with Crippen LogP contribution in [0.4, 0.5) is 17.1 Å². The molecule has 0 aliphatic rings. The Labute approximate surface area is 116 Å². The van der Waals surface area contributed by atoms with Crippen molar-refractivity contribution in [1.82, 2.24) is 0 Å². The van der Waals surface area contributed by atoms with Gasteiger partial charge in [0.15, 0.2) is 0 Å². The standard InChI is InChI=1S/C14H15N3O3/c1-20-11-6-7-13(14(8-11)17(18)19)16-9-10-4-2-3-5-12(10)15/h2-8,16H,9,15H2,1H3. The summed E-state index contributed by atoms with van der Waals surface area (Å²) in [4.78, 5) is 10.6. The molecule has 0 atom stereocenters. The third-order valence-corrected chi connectivity index (χ3v) is 2.93. The van der Waals surface area contributed by atoms with Crippen LogP contribution in [0.15, 0.2) is 42.5 Å². The van der Waals surface area contributed by atoms with Crippen LogP contribution in [0.1, 0.15) is 5.56 Å². The number of nitrogens with zero attached hydrogens (tertiary/aromatic N) is 1. The Morgan fingerprint density at radius 3 is 2.70 bits per heavy atom. The summed E-state index contributed by atoms with van der Waals surface area (Å²) in [7, 11) is 1.47. The number of methoxy groups -OCH3 is 1. The summed E-state index contributed by atoms with van der Waals surface area (Å²) < 4.78 is 4.99. The number of nitrogens with two attached hydrogens (primary N) is 1. The predicted molar refractivity (Wildman–Crippen MR) is 77.8 cm³/mol. The van der Waals surface area contributed by atoms with Gasteiger partial charge in [-0.05, 0) is 23.8 Å².